The van der Waals surface area contributed by atoms with Gasteiger partial charge in [-0.2, -0.15) is 0 Å². The lowest BCUT2D eigenvalue weighted by molar-refractivity contribution is 0.786. The Morgan fingerprint density at radius 2 is 2.05 bits per heavy atom. The zero-order chi connectivity index (χ0) is 13.4. The van der Waals surface area contributed by atoms with E-state index in [0.717, 1.165) is 22.6 Å². The van der Waals surface area contributed by atoms with Gasteiger partial charge >= 0.3 is 0 Å². The van der Waals surface area contributed by atoms with E-state index in [2.05, 4.69) is 14.5 Å². The summed E-state index contributed by atoms with van der Waals surface area (Å²) in [5.41, 5.74) is 2.77. The first-order chi connectivity index (χ1) is 9.15. The van der Waals surface area contributed by atoms with Crippen molar-refractivity contribution >= 4 is 34.4 Å². The fraction of sp³-hybridized carbons (Fsp3) is 0.143. The Morgan fingerprint density at radius 3 is 2.84 bits per heavy atom. The van der Waals surface area contributed by atoms with Crippen LogP contribution in [0.1, 0.15) is 11.4 Å². The molecule has 1 aromatic carbocycles. The fourth-order valence-corrected chi connectivity index (χ4v) is 2.56. The van der Waals surface area contributed by atoms with E-state index in [1.54, 1.807) is 12.3 Å². The minimum Gasteiger partial charge on any atom is -0.322 e. The highest BCUT2D eigenvalue weighted by molar-refractivity contribution is 6.35. The summed E-state index contributed by atoms with van der Waals surface area (Å²) in [6, 6.07) is 9.45. The van der Waals surface area contributed by atoms with Gasteiger partial charge in [0.1, 0.15) is 5.82 Å². The summed E-state index contributed by atoms with van der Waals surface area (Å²) >= 11 is 12.1. The molecule has 19 heavy (non-hydrogen) atoms. The average Bonchev–Trinajstić information content (AvgIpc) is 2.69. The Labute approximate surface area is 120 Å². The van der Waals surface area contributed by atoms with Gasteiger partial charge in [-0.15, -0.1) is 0 Å². The van der Waals surface area contributed by atoms with Crippen LogP contribution in [0.4, 0.5) is 0 Å². The van der Waals surface area contributed by atoms with Gasteiger partial charge < -0.3 is 4.57 Å². The molecule has 3 aromatic rings. The van der Waals surface area contributed by atoms with Crippen molar-refractivity contribution in [2.45, 2.75) is 13.5 Å². The largest absolute Gasteiger partial charge is 0.322 e. The van der Waals surface area contributed by atoms with Gasteiger partial charge in [0, 0.05) is 16.2 Å². The van der Waals surface area contributed by atoms with E-state index >= 15 is 0 Å². The summed E-state index contributed by atoms with van der Waals surface area (Å²) in [5, 5.41) is 1.31. The number of hydrogen-bond donors (Lipinski definition) is 0. The van der Waals surface area contributed by atoms with Crippen LogP contribution in [-0.2, 0) is 6.54 Å². The molecular formula is C14H11Cl2N3. The molecule has 96 valence electrons. The molecule has 0 N–H and O–H groups in total. The van der Waals surface area contributed by atoms with Crippen LogP contribution in [0.5, 0.6) is 0 Å². The van der Waals surface area contributed by atoms with E-state index in [4.69, 9.17) is 23.2 Å². The second kappa shape index (κ2) is 4.83. The van der Waals surface area contributed by atoms with Gasteiger partial charge in [-0.05, 0) is 36.8 Å². The topological polar surface area (TPSA) is 30.7 Å². The van der Waals surface area contributed by atoms with E-state index in [0.29, 0.717) is 16.6 Å². The maximum atomic E-state index is 6.22. The number of pyridine rings is 1. The van der Waals surface area contributed by atoms with Crippen molar-refractivity contribution in [1.82, 2.24) is 14.5 Å². The number of benzene rings is 1. The molecule has 0 saturated heterocycles. The van der Waals surface area contributed by atoms with Crippen molar-refractivity contribution in [3.63, 3.8) is 0 Å². The molecule has 3 nitrogen and oxygen atoms in total. The number of hydrogen-bond acceptors (Lipinski definition) is 2. The van der Waals surface area contributed by atoms with Gasteiger partial charge in [-0.3, -0.25) is 0 Å². The number of rotatable bonds is 2. The summed E-state index contributed by atoms with van der Waals surface area (Å²) < 4.78 is 2.09. The third-order valence-corrected chi connectivity index (χ3v) is 3.65. The standard InChI is InChI=1S/C14H11Cl2N3/c1-9-18-14-13(3-2-6-17-14)19(9)8-10-4-5-11(15)7-12(10)16/h2-7H,8H2,1H3. The number of aromatic nitrogens is 3. The quantitative estimate of drug-likeness (QED) is 0.712. The predicted molar refractivity (Wildman–Crippen MR) is 77.8 cm³/mol. The summed E-state index contributed by atoms with van der Waals surface area (Å²) in [5.74, 6) is 0.916. The second-order valence-electron chi connectivity index (χ2n) is 4.33. The van der Waals surface area contributed by atoms with Crippen LogP contribution in [0, 0.1) is 6.92 Å². The SMILES string of the molecule is Cc1nc2ncccc2n1Cc1ccc(Cl)cc1Cl. The molecule has 0 bridgehead atoms. The normalized spacial score (nSPS) is 11.1. The monoisotopic (exact) mass is 291 g/mol. The molecule has 0 amide bonds. The number of imidazole rings is 1. The highest BCUT2D eigenvalue weighted by Crippen LogP contribution is 2.23. The molecular weight excluding hydrogens is 281 g/mol. The molecule has 2 aromatic heterocycles. The van der Waals surface area contributed by atoms with Gasteiger partial charge in [-0.1, -0.05) is 29.3 Å². The molecule has 0 atom stereocenters. The van der Waals surface area contributed by atoms with Crippen molar-refractivity contribution in [3.8, 4) is 0 Å². The Balaban J connectivity index is 2.08. The number of aryl methyl sites for hydroxylation is 1. The number of halogens is 2. The smallest absolute Gasteiger partial charge is 0.177 e. The van der Waals surface area contributed by atoms with E-state index in [9.17, 15) is 0 Å². The lowest BCUT2D eigenvalue weighted by Gasteiger charge is -2.08. The Kier molecular flexibility index (Phi) is 3.17. The molecule has 0 aliphatic rings. The summed E-state index contributed by atoms with van der Waals surface area (Å²) in [6.07, 6.45) is 1.74. The van der Waals surface area contributed by atoms with Gasteiger partial charge in [0.25, 0.3) is 0 Å². The predicted octanol–water partition coefficient (Wildman–Crippen LogP) is 4.09. The van der Waals surface area contributed by atoms with Crippen molar-refractivity contribution in [2.75, 3.05) is 0 Å². The molecule has 2 heterocycles. The minimum absolute atomic E-state index is 0.641. The van der Waals surface area contributed by atoms with Crippen LogP contribution in [0.3, 0.4) is 0 Å². The maximum absolute atomic E-state index is 6.22. The van der Waals surface area contributed by atoms with Crippen LogP contribution in [-0.4, -0.2) is 14.5 Å². The van der Waals surface area contributed by atoms with E-state index in [-0.39, 0.29) is 0 Å². The molecule has 0 saturated carbocycles. The average molecular weight is 292 g/mol. The second-order valence-corrected chi connectivity index (χ2v) is 5.17. The third kappa shape index (κ3) is 2.31. The minimum atomic E-state index is 0.641. The summed E-state index contributed by atoms with van der Waals surface area (Å²) in [6.45, 7) is 2.62. The molecule has 0 aliphatic carbocycles. The Bertz CT molecular complexity index is 750. The lowest BCUT2D eigenvalue weighted by atomic mass is 10.2. The third-order valence-electron chi connectivity index (χ3n) is 3.06. The van der Waals surface area contributed by atoms with Crippen molar-refractivity contribution in [3.05, 3.63) is 58.0 Å². The fourth-order valence-electron chi connectivity index (χ4n) is 2.09. The maximum Gasteiger partial charge on any atom is 0.177 e. The molecule has 0 unspecified atom stereocenters. The summed E-state index contributed by atoms with van der Waals surface area (Å²) in [4.78, 5) is 8.69. The van der Waals surface area contributed by atoms with Crippen LogP contribution >= 0.6 is 23.2 Å². The first-order valence-corrected chi connectivity index (χ1v) is 6.62. The molecule has 3 rings (SSSR count). The Hall–Kier alpha value is -1.58. The molecule has 0 radical (unpaired) electrons. The molecule has 0 fully saturated rings. The van der Waals surface area contributed by atoms with Gasteiger partial charge in [0.2, 0.25) is 0 Å². The van der Waals surface area contributed by atoms with E-state index in [1.165, 1.54) is 0 Å². The van der Waals surface area contributed by atoms with E-state index < -0.39 is 0 Å². The first kappa shape index (κ1) is 12.5. The number of nitrogens with zero attached hydrogens (tertiary/aromatic N) is 3. The first-order valence-electron chi connectivity index (χ1n) is 5.87. The molecule has 5 heteroatoms. The molecule has 0 spiro atoms. The van der Waals surface area contributed by atoms with Crippen LogP contribution < -0.4 is 0 Å². The van der Waals surface area contributed by atoms with Gasteiger partial charge in [0.15, 0.2) is 5.65 Å². The zero-order valence-corrected chi connectivity index (χ0v) is 11.8. The highest BCUT2D eigenvalue weighted by Gasteiger charge is 2.10. The van der Waals surface area contributed by atoms with Gasteiger partial charge in [-0.25, -0.2) is 9.97 Å². The van der Waals surface area contributed by atoms with Crippen LogP contribution in [0.15, 0.2) is 36.5 Å². The zero-order valence-electron chi connectivity index (χ0n) is 10.3. The van der Waals surface area contributed by atoms with E-state index in [1.807, 2.05) is 31.2 Å². The summed E-state index contributed by atoms with van der Waals surface area (Å²) in [7, 11) is 0. The highest BCUT2D eigenvalue weighted by atomic mass is 35.5. The van der Waals surface area contributed by atoms with Crippen LogP contribution in [0.2, 0.25) is 10.0 Å². The number of fused-ring (bicyclic) bond motifs is 1. The van der Waals surface area contributed by atoms with Crippen molar-refractivity contribution in [2.24, 2.45) is 0 Å². The lowest BCUT2D eigenvalue weighted by Crippen LogP contribution is -2.02. The Morgan fingerprint density at radius 1 is 1.21 bits per heavy atom. The van der Waals surface area contributed by atoms with Crippen molar-refractivity contribution in [1.29, 1.82) is 0 Å². The van der Waals surface area contributed by atoms with Gasteiger partial charge in [0.05, 0.1) is 12.1 Å². The molecule has 0 aliphatic heterocycles. The van der Waals surface area contributed by atoms with Crippen LogP contribution in [0.25, 0.3) is 11.2 Å². The van der Waals surface area contributed by atoms with Crippen molar-refractivity contribution < 1.29 is 0 Å².